The number of aromatic nitrogens is 5. The molecule has 0 amide bonds. The smallest absolute Gasteiger partial charge is 0.192 e. The largest absolute Gasteiger partial charge is 0.264 e. The third-order valence-corrected chi connectivity index (χ3v) is 4.79. The molecule has 6 heteroatoms. The van der Waals surface area contributed by atoms with Crippen molar-refractivity contribution in [2.75, 3.05) is 0 Å². The van der Waals surface area contributed by atoms with Crippen molar-refractivity contribution in [1.82, 2.24) is 24.6 Å². The van der Waals surface area contributed by atoms with Crippen molar-refractivity contribution in [2.24, 2.45) is 0 Å². The first-order valence-corrected chi connectivity index (χ1v) is 8.29. The fraction of sp³-hybridized carbons (Fsp3) is 0.176. The molecule has 114 valence electrons. The topological polar surface area (TPSA) is 56.0 Å². The minimum Gasteiger partial charge on any atom is -0.264 e. The monoisotopic (exact) mass is 321 g/mol. The van der Waals surface area contributed by atoms with E-state index in [0.29, 0.717) is 0 Å². The Morgan fingerprint density at radius 1 is 1.09 bits per heavy atom. The van der Waals surface area contributed by atoms with Gasteiger partial charge in [0.05, 0.1) is 5.52 Å². The Labute approximate surface area is 137 Å². The third kappa shape index (κ3) is 2.55. The number of hydrogen-bond donors (Lipinski definition) is 0. The molecule has 23 heavy (non-hydrogen) atoms. The number of hydrogen-bond acceptors (Lipinski definition) is 5. The Morgan fingerprint density at radius 3 is 2.78 bits per heavy atom. The van der Waals surface area contributed by atoms with Crippen molar-refractivity contribution in [3.8, 4) is 0 Å². The van der Waals surface area contributed by atoms with Crippen LogP contribution < -0.4 is 0 Å². The van der Waals surface area contributed by atoms with Crippen molar-refractivity contribution in [3.63, 3.8) is 0 Å². The van der Waals surface area contributed by atoms with E-state index in [-0.39, 0.29) is 5.25 Å². The van der Waals surface area contributed by atoms with Crippen LogP contribution in [0.1, 0.15) is 23.6 Å². The van der Waals surface area contributed by atoms with Crippen molar-refractivity contribution in [3.05, 3.63) is 60.2 Å². The first kappa shape index (κ1) is 14.1. The number of rotatable bonds is 3. The van der Waals surface area contributed by atoms with Crippen LogP contribution in [-0.4, -0.2) is 24.6 Å². The molecule has 5 nitrogen and oxygen atoms in total. The van der Waals surface area contributed by atoms with E-state index in [1.54, 1.807) is 18.0 Å². The molecule has 4 rings (SSSR count). The Hall–Kier alpha value is -2.47. The fourth-order valence-electron chi connectivity index (χ4n) is 2.55. The highest BCUT2D eigenvalue weighted by Crippen LogP contribution is 2.34. The highest BCUT2D eigenvalue weighted by Gasteiger charge is 2.15. The summed E-state index contributed by atoms with van der Waals surface area (Å²) in [5.41, 5.74) is 2.96. The molecule has 4 aromatic rings. The lowest BCUT2D eigenvalue weighted by atomic mass is 10.2. The van der Waals surface area contributed by atoms with Gasteiger partial charge in [-0.25, -0.2) is 9.97 Å². The van der Waals surface area contributed by atoms with Gasteiger partial charge < -0.3 is 0 Å². The van der Waals surface area contributed by atoms with Crippen LogP contribution in [0.2, 0.25) is 0 Å². The number of pyridine rings is 1. The van der Waals surface area contributed by atoms with Crippen LogP contribution in [0, 0.1) is 6.92 Å². The molecule has 1 unspecified atom stereocenters. The summed E-state index contributed by atoms with van der Waals surface area (Å²) < 4.78 is 1.84. The molecular weight excluding hydrogens is 306 g/mol. The average molecular weight is 321 g/mol. The van der Waals surface area contributed by atoms with E-state index in [1.807, 2.05) is 48.0 Å². The minimum absolute atomic E-state index is 0.227. The molecule has 3 heterocycles. The van der Waals surface area contributed by atoms with Crippen LogP contribution in [0.3, 0.4) is 0 Å². The van der Waals surface area contributed by atoms with E-state index < -0.39 is 0 Å². The van der Waals surface area contributed by atoms with Gasteiger partial charge in [-0.3, -0.25) is 4.98 Å². The summed E-state index contributed by atoms with van der Waals surface area (Å²) in [4.78, 5) is 13.5. The molecule has 0 N–H and O–H groups in total. The molecule has 1 aromatic carbocycles. The zero-order valence-corrected chi connectivity index (χ0v) is 13.7. The van der Waals surface area contributed by atoms with E-state index in [1.165, 1.54) is 0 Å². The van der Waals surface area contributed by atoms with Gasteiger partial charge >= 0.3 is 0 Å². The maximum atomic E-state index is 4.79. The van der Waals surface area contributed by atoms with Crippen molar-refractivity contribution >= 4 is 28.3 Å². The van der Waals surface area contributed by atoms with E-state index in [0.717, 1.165) is 33.1 Å². The number of fused-ring (bicyclic) bond motifs is 3. The van der Waals surface area contributed by atoms with Gasteiger partial charge in [-0.2, -0.15) is 4.52 Å². The summed E-state index contributed by atoms with van der Waals surface area (Å²) in [6.07, 6.45) is 3.68. The molecule has 3 aromatic heterocycles. The van der Waals surface area contributed by atoms with Gasteiger partial charge in [-0.05, 0) is 37.6 Å². The second-order valence-corrected chi connectivity index (χ2v) is 6.66. The highest BCUT2D eigenvalue weighted by atomic mass is 32.2. The summed E-state index contributed by atoms with van der Waals surface area (Å²) in [5, 5.41) is 6.61. The Morgan fingerprint density at radius 2 is 1.96 bits per heavy atom. The molecule has 0 aliphatic rings. The quantitative estimate of drug-likeness (QED) is 0.424. The summed E-state index contributed by atoms with van der Waals surface area (Å²) in [6.45, 7) is 4.05. The van der Waals surface area contributed by atoms with Gasteiger partial charge in [0, 0.05) is 23.0 Å². The van der Waals surface area contributed by atoms with Crippen LogP contribution in [0.5, 0.6) is 0 Å². The van der Waals surface area contributed by atoms with Gasteiger partial charge in [0.15, 0.2) is 10.8 Å². The predicted octanol–water partition coefficient (Wildman–Crippen LogP) is 3.83. The molecule has 1 atom stereocenters. The Kier molecular flexibility index (Phi) is 3.46. The van der Waals surface area contributed by atoms with Crippen LogP contribution in [0.15, 0.2) is 53.9 Å². The molecule has 0 saturated heterocycles. The van der Waals surface area contributed by atoms with Gasteiger partial charge in [-0.15, -0.1) is 5.10 Å². The van der Waals surface area contributed by atoms with Gasteiger partial charge in [0.1, 0.15) is 5.82 Å². The number of benzene rings is 1. The lowest BCUT2D eigenvalue weighted by molar-refractivity contribution is 0.793. The number of para-hydroxylation sites is 1. The molecule has 0 radical (unpaired) electrons. The maximum absolute atomic E-state index is 4.79. The first-order chi connectivity index (χ1) is 11.2. The number of thioether (sulfide) groups is 1. The Bertz CT molecular complexity index is 980. The zero-order chi connectivity index (χ0) is 15.8. The average Bonchev–Trinajstić information content (AvgIpc) is 2.98. The third-order valence-electron chi connectivity index (χ3n) is 3.69. The minimum atomic E-state index is 0.227. The maximum Gasteiger partial charge on any atom is 0.192 e. The number of nitrogens with zero attached hydrogens (tertiary/aromatic N) is 5. The lowest BCUT2D eigenvalue weighted by Crippen LogP contribution is -2.00. The van der Waals surface area contributed by atoms with Crippen LogP contribution in [0.25, 0.3) is 16.6 Å². The molecule has 0 fully saturated rings. The highest BCUT2D eigenvalue weighted by molar-refractivity contribution is 7.99. The molecular formula is C17H15N5S. The molecule has 0 spiro atoms. The summed E-state index contributed by atoms with van der Waals surface area (Å²) in [5.74, 6) is 0.749. The zero-order valence-electron chi connectivity index (χ0n) is 12.8. The van der Waals surface area contributed by atoms with E-state index in [2.05, 4.69) is 28.1 Å². The van der Waals surface area contributed by atoms with Crippen LogP contribution in [-0.2, 0) is 0 Å². The first-order valence-electron chi connectivity index (χ1n) is 7.41. The van der Waals surface area contributed by atoms with Crippen LogP contribution in [0.4, 0.5) is 0 Å². The van der Waals surface area contributed by atoms with Gasteiger partial charge in [0.25, 0.3) is 0 Å². The van der Waals surface area contributed by atoms with E-state index in [4.69, 9.17) is 4.98 Å². The lowest BCUT2D eigenvalue weighted by Gasteiger charge is -2.12. The van der Waals surface area contributed by atoms with Gasteiger partial charge in [0.2, 0.25) is 0 Å². The van der Waals surface area contributed by atoms with Crippen molar-refractivity contribution in [2.45, 2.75) is 24.3 Å². The standard InChI is InChI=1S/C17H15N5S/c1-11(13-6-5-9-18-10-13)23-17-20-15-8-4-3-7-14(15)16-19-12(2)21-22(16)17/h3-11H,1-2H3. The second kappa shape index (κ2) is 5.62. The normalized spacial score (nSPS) is 12.8. The summed E-state index contributed by atoms with van der Waals surface area (Å²) in [6, 6.07) is 12.1. The molecule has 0 saturated carbocycles. The molecule has 0 bridgehead atoms. The van der Waals surface area contributed by atoms with E-state index in [9.17, 15) is 0 Å². The fourth-order valence-corrected chi connectivity index (χ4v) is 3.52. The Balaban J connectivity index is 1.85. The van der Waals surface area contributed by atoms with Crippen molar-refractivity contribution in [1.29, 1.82) is 0 Å². The van der Waals surface area contributed by atoms with Crippen molar-refractivity contribution < 1.29 is 0 Å². The summed E-state index contributed by atoms with van der Waals surface area (Å²) >= 11 is 1.66. The molecule has 0 aliphatic heterocycles. The SMILES string of the molecule is Cc1nc2c3ccccc3nc(SC(C)c3cccnc3)n2n1. The van der Waals surface area contributed by atoms with Crippen LogP contribution >= 0.6 is 11.8 Å². The predicted molar refractivity (Wildman–Crippen MR) is 91.5 cm³/mol. The van der Waals surface area contributed by atoms with E-state index >= 15 is 0 Å². The second-order valence-electron chi connectivity index (χ2n) is 5.35. The van der Waals surface area contributed by atoms with Gasteiger partial charge in [-0.1, -0.05) is 30.0 Å². The summed E-state index contributed by atoms with van der Waals surface area (Å²) in [7, 11) is 0. The molecule has 0 aliphatic carbocycles. The number of aryl methyl sites for hydroxylation is 1.